The van der Waals surface area contributed by atoms with Crippen LogP contribution in [0.15, 0.2) is 42.5 Å². The maximum absolute atomic E-state index is 12.6. The Balaban J connectivity index is 1.64. The van der Waals surface area contributed by atoms with Crippen molar-refractivity contribution in [1.29, 1.82) is 0 Å². The number of piperazine rings is 1. The van der Waals surface area contributed by atoms with Crippen LogP contribution in [0.3, 0.4) is 0 Å². The molecule has 2 aromatic rings. The summed E-state index contributed by atoms with van der Waals surface area (Å²) in [7, 11) is 0. The van der Waals surface area contributed by atoms with Crippen LogP contribution >= 0.6 is 0 Å². The molecule has 0 saturated carbocycles. The molecule has 2 heterocycles. The summed E-state index contributed by atoms with van der Waals surface area (Å²) in [6.07, 6.45) is 2.69. The molecule has 1 saturated heterocycles. The number of rotatable bonds is 3. The number of urea groups is 1. The van der Waals surface area contributed by atoms with Crippen LogP contribution in [0.4, 0.5) is 16.2 Å². The summed E-state index contributed by atoms with van der Waals surface area (Å²) >= 11 is 0. The molecule has 1 radical (unpaired) electrons. The summed E-state index contributed by atoms with van der Waals surface area (Å²) in [5.74, 6) is -1.70. The number of imide groups is 1. The first-order valence-electron chi connectivity index (χ1n) is 10.0. The van der Waals surface area contributed by atoms with Gasteiger partial charge in [0.25, 0.3) is 0 Å². The molecule has 0 bridgehead atoms. The third-order valence-corrected chi connectivity index (χ3v) is 5.95. The molecule has 8 heteroatoms. The van der Waals surface area contributed by atoms with Gasteiger partial charge in [-0.25, -0.2) is 4.79 Å². The number of fused-ring (bicyclic) bond motifs is 1. The van der Waals surface area contributed by atoms with Gasteiger partial charge >= 0.3 is 17.8 Å². The summed E-state index contributed by atoms with van der Waals surface area (Å²) in [6, 6.07) is 12.0. The van der Waals surface area contributed by atoms with Crippen molar-refractivity contribution in [2.45, 2.75) is 26.3 Å². The van der Waals surface area contributed by atoms with Gasteiger partial charge in [0.15, 0.2) is 0 Å². The lowest BCUT2D eigenvalue weighted by Crippen LogP contribution is -2.57. The van der Waals surface area contributed by atoms with Gasteiger partial charge in [0.1, 0.15) is 0 Å². The number of nitrogens with two attached hydrogens (primary N) is 1. The van der Waals surface area contributed by atoms with Gasteiger partial charge in [-0.1, -0.05) is 26.0 Å². The predicted molar refractivity (Wildman–Crippen MR) is 115 cm³/mol. The molecule has 159 valence electrons. The fourth-order valence-electron chi connectivity index (χ4n) is 4.39. The van der Waals surface area contributed by atoms with Gasteiger partial charge < -0.3 is 16.0 Å². The van der Waals surface area contributed by atoms with Crippen LogP contribution in [0.5, 0.6) is 0 Å². The topological polar surface area (TPSA) is 113 Å². The zero-order valence-corrected chi connectivity index (χ0v) is 17.3. The lowest BCUT2D eigenvalue weighted by Gasteiger charge is -2.41. The molecule has 1 unspecified atom stereocenters. The van der Waals surface area contributed by atoms with Gasteiger partial charge in [-0.2, -0.15) is 0 Å². The monoisotopic (exact) mass is 419 g/mol. The molecule has 1 atom stereocenters. The van der Waals surface area contributed by atoms with E-state index in [2.05, 4.69) is 19.2 Å². The van der Waals surface area contributed by atoms with E-state index in [9.17, 15) is 19.2 Å². The van der Waals surface area contributed by atoms with Gasteiger partial charge in [0, 0.05) is 30.0 Å². The summed E-state index contributed by atoms with van der Waals surface area (Å²) in [5.41, 5.74) is 9.09. The molecule has 0 aromatic heterocycles. The second-order valence-electron chi connectivity index (χ2n) is 8.56. The lowest BCUT2D eigenvalue weighted by atomic mass is 9.72. The Hall–Kier alpha value is -3.68. The van der Waals surface area contributed by atoms with Crippen LogP contribution in [-0.4, -0.2) is 42.1 Å². The van der Waals surface area contributed by atoms with Crippen molar-refractivity contribution in [2.24, 2.45) is 11.1 Å². The fraction of sp³-hybridized carbons (Fsp3) is 0.304. The van der Waals surface area contributed by atoms with E-state index in [1.165, 1.54) is 4.90 Å². The second kappa shape index (κ2) is 7.54. The Morgan fingerprint density at radius 3 is 2.61 bits per heavy atom. The lowest BCUT2D eigenvalue weighted by molar-refractivity contribution is -0.143. The smallest absolute Gasteiger partial charge is 0.321 e. The first-order valence-corrected chi connectivity index (χ1v) is 10.0. The first kappa shape index (κ1) is 20.6. The number of nitrogens with zero attached hydrogens (tertiary/aromatic N) is 2. The van der Waals surface area contributed by atoms with Gasteiger partial charge in [-0.15, -0.1) is 0 Å². The minimum absolute atomic E-state index is 0.0521. The van der Waals surface area contributed by atoms with Crippen molar-refractivity contribution in [3.63, 3.8) is 0 Å². The molecule has 4 rings (SSSR count). The number of amides is 4. The van der Waals surface area contributed by atoms with E-state index in [1.807, 2.05) is 36.6 Å². The van der Waals surface area contributed by atoms with Crippen molar-refractivity contribution in [3.8, 4) is 0 Å². The van der Waals surface area contributed by atoms with Crippen molar-refractivity contribution in [3.05, 3.63) is 59.2 Å². The third kappa shape index (κ3) is 3.65. The highest BCUT2D eigenvalue weighted by Gasteiger charge is 2.38. The molecule has 4 amide bonds. The fourth-order valence-corrected chi connectivity index (χ4v) is 4.39. The van der Waals surface area contributed by atoms with Gasteiger partial charge in [0.2, 0.25) is 6.29 Å². The first-order chi connectivity index (χ1) is 14.7. The summed E-state index contributed by atoms with van der Waals surface area (Å²) < 4.78 is 0. The molecule has 31 heavy (non-hydrogen) atoms. The van der Waals surface area contributed by atoms with Crippen LogP contribution in [0.25, 0.3) is 0 Å². The average Bonchev–Trinajstić information content (AvgIpc) is 2.73. The van der Waals surface area contributed by atoms with Crippen molar-refractivity contribution in [2.75, 3.05) is 23.3 Å². The molecule has 0 spiro atoms. The maximum Gasteiger partial charge on any atom is 0.321 e. The Morgan fingerprint density at radius 2 is 1.90 bits per heavy atom. The summed E-state index contributed by atoms with van der Waals surface area (Å²) in [5, 5.41) is 3.56. The molecule has 2 aromatic carbocycles. The standard InChI is InChI=1S/C23H23N4O4/c1-23(2)12-16-10-14(13-28)6-7-18(16)25-19(23)15-4-3-5-17(11-15)26-8-9-27(22(24)31)21(30)20(26)29/h3-7,10-11,19,25H,8-9,12H2,1-2H3,(H2,24,31). The molecule has 3 N–H and O–H groups in total. The Bertz CT molecular complexity index is 1090. The van der Waals surface area contributed by atoms with E-state index in [0.29, 0.717) is 11.3 Å². The van der Waals surface area contributed by atoms with Gasteiger partial charge in [0.05, 0.1) is 6.04 Å². The van der Waals surface area contributed by atoms with Crippen molar-refractivity contribution < 1.29 is 19.2 Å². The van der Waals surface area contributed by atoms with E-state index in [4.69, 9.17) is 5.73 Å². The molecule has 0 aliphatic carbocycles. The van der Waals surface area contributed by atoms with Crippen LogP contribution < -0.4 is 16.0 Å². The highest BCUT2D eigenvalue weighted by atomic mass is 16.2. The SMILES string of the molecule is CC1(C)Cc2cc([C]=O)ccc2NC1c1cccc(N2CCN(C(N)=O)C(=O)C2=O)c1. The molecular formula is C23H23N4O4. The Kier molecular flexibility index (Phi) is 5.00. The number of anilines is 2. The van der Waals surface area contributed by atoms with Gasteiger partial charge in [-0.3, -0.25) is 19.3 Å². The van der Waals surface area contributed by atoms with E-state index >= 15 is 0 Å². The molecule has 2 aliphatic heterocycles. The minimum atomic E-state index is -0.922. The number of benzene rings is 2. The number of nitrogens with one attached hydrogen (secondary N) is 1. The van der Waals surface area contributed by atoms with Crippen LogP contribution in [0.2, 0.25) is 0 Å². The second-order valence-corrected chi connectivity index (χ2v) is 8.56. The number of primary amides is 1. The van der Waals surface area contributed by atoms with E-state index in [1.54, 1.807) is 12.1 Å². The van der Waals surface area contributed by atoms with Crippen LogP contribution in [0, 0.1) is 5.41 Å². The summed E-state index contributed by atoms with van der Waals surface area (Å²) in [6.45, 7) is 4.52. The number of hydrogen-bond donors (Lipinski definition) is 2. The quantitative estimate of drug-likeness (QED) is 0.740. The zero-order chi connectivity index (χ0) is 22.3. The van der Waals surface area contributed by atoms with Crippen molar-refractivity contribution >= 4 is 35.5 Å². The van der Waals surface area contributed by atoms with Crippen LogP contribution in [-0.2, 0) is 20.8 Å². The molecule has 8 nitrogen and oxygen atoms in total. The van der Waals surface area contributed by atoms with Gasteiger partial charge in [-0.05, 0) is 53.3 Å². The molecule has 1 fully saturated rings. The highest BCUT2D eigenvalue weighted by molar-refractivity contribution is 6.43. The largest absolute Gasteiger partial charge is 0.377 e. The number of hydrogen-bond acceptors (Lipinski definition) is 5. The van der Waals surface area contributed by atoms with Crippen molar-refractivity contribution in [1.82, 2.24) is 4.90 Å². The number of carbonyl (C=O) groups excluding carboxylic acids is 4. The maximum atomic E-state index is 12.6. The molecule has 2 aliphatic rings. The number of carbonyl (C=O) groups is 3. The Morgan fingerprint density at radius 1 is 1.13 bits per heavy atom. The van der Waals surface area contributed by atoms with E-state index in [-0.39, 0.29) is 24.5 Å². The third-order valence-electron chi connectivity index (χ3n) is 5.95. The molecular weight excluding hydrogens is 396 g/mol. The van der Waals surface area contributed by atoms with Crippen LogP contribution in [0.1, 0.15) is 36.6 Å². The zero-order valence-electron chi connectivity index (χ0n) is 17.3. The Labute approximate surface area is 180 Å². The highest BCUT2D eigenvalue weighted by Crippen LogP contribution is 2.45. The predicted octanol–water partition coefficient (Wildman–Crippen LogP) is 2.13. The minimum Gasteiger partial charge on any atom is -0.377 e. The normalized spacial score (nSPS) is 20.1. The van der Waals surface area contributed by atoms with E-state index in [0.717, 1.165) is 28.1 Å². The van der Waals surface area contributed by atoms with E-state index < -0.39 is 17.8 Å². The average molecular weight is 419 g/mol. The summed E-state index contributed by atoms with van der Waals surface area (Å²) in [4.78, 5) is 49.3.